The number of aromatic nitrogens is 2. The quantitative estimate of drug-likeness (QED) is 0.593. The van der Waals surface area contributed by atoms with Gasteiger partial charge in [0.05, 0.1) is 32.7 Å². The van der Waals surface area contributed by atoms with Gasteiger partial charge < -0.3 is 9.47 Å². The first-order valence-electron chi connectivity index (χ1n) is 13.0. The molecule has 4 fully saturated rings. The summed E-state index contributed by atoms with van der Waals surface area (Å²) in [5.74, 6) is 5.21. The summed E-state index contributed by atoms with van der Waals surface area (Å²) in [7, 11) is 3.55. The van der Waals surface area contributed by atoms with E-state index in [1.165, 1.54) is 51.4 Å². The van der Waals surface area contributed by atoms with Crippen molar-refractivity contribution < 1.29 is 14.3 Å². The fourth-order valence-corrected chi connectivity index (χ4v) is 9.15. The highest BCUT2D eigenvalue weighted by Crippen LogP contribution is 2.68. The monoisotopic (exact) mass is 442 g/mol. The van der Waals surface area contributed by atoms with E-state index in [1.807, 2.05) is 13.3 Å². The Balaban J connectivity index is 1.35. The van der Waals surface area contributed by atoms with E-state index in [4.69, 9.17) is 9.47 Å². The van der Waals surface area contributed by atoms with Gasteiger partial charge in [0.15, 0.2) is 11.5 Å². The van der Waals surface area contributed by atoms with Gasteiger partial charge in [-0.1, -0.05) is 20.3 Å². The van der Waals surface area contributed by atoms with Crippen LogP contribution in [-0.2, 0) is 16.1 Å². The van der Waals surface area contributed by atoms with E-state index in [2.05, 4.69) is 18.9 Å². The molecule has 8 unspecified atom stereocenters. The van der Waals surface area contributed by atoms with E-state index >= 15 is 0 Å². The van der Waals surface area contributed by atoms with Crippen LogP contribution in [0.3, 0.4) is 0 Å². The zero-order valence-electron chi connectivity index (χ0n) is 20.5. The van der Waals surface area contributed by atoms with E-state index in [-0.39, 0.29) is 11.3 Å². The van der Waals surface area contributed by atoms with Gasteiger partial charge in [-0.05, 0) is 91.8 Å². The largest absolute Gasteiger partial charge is 0.493 e. The molecule has 0 saturated heterocycles. The second kappa shape index (κ2) is 8.45. The number of methoxy groups -OCH3 is 2. The lowest BCUT2D eigenvalue weighted by Crippen LogP contribution is -2.56. The number of carbonyl (C=O) groups excluding carboxylic acids is 1. The minimum atomic E-state index is 0.151. The predicted molar refractivity (Wildman–Crippen MR) is 124 cm³/mol. The summed E-state index contributed by atoms with van der Waals surface area (Å²) in [4.78, 5) is 13.4. The number of nitrogens with zero attached hydrogens (tertiary/aromatic N) is 2. The third-order valence-electron chi connectivity index (χ3n) is 10.6. The Morgan fingerprint density at radius 3 is 2.72 bits per heavy atom. The molecule has 0 aromatic carbocycles. The van der Waals surface area contributed by atoms with Crippen molar-refractivity contribution in [2.75, 3.05) is 20.8 Å². The van der Waals surface area contributed by atoms with Gasteiger partial charge >= 0.3 is 0 Å². The smallest absolute Gasteiger partial charge is 0.157 e. The highest BCUT2D eigenvalue weighted by molar-refractivity contribution is 5.82. The number of carbonyl (C=O) groups is 1. The zero-order valence-corrected chi connectivity index (χ0v) is 20.5. The van der Waals surface area contributed by atoms with E-state index in [1.54, 1.807) is 18.0 Å². The average Bonchev–Trinajstić information content (AvgIpc) is 3.37. The summed E-state index contributed by atoms with van der Waals surface area (Å²) in [6, 6.07) is 0. The summed E-state index contributed by atoms with van der Waals surface area (Å²) < 4.78 is 12.9. The summed E-state index contributed by atoms with van der Waals surface area (Å²) in [6.45, 7) is 6.21. The fraction of sp³-hybridized carbons (Fsp3) is 0.852. The van der Waals surface area contributed by atoms with Crippen molar-refractivity contribution in [3.05, 3.63) is 12.4 Å². The molecule has 1 aromatic heterocycles. The third kappa shape index (κ3) is 3.45. The summed E-state index contributed by atoms with van der Waals surface area (Å²) >= 11 is 0. The Labute approximate surface area is 193 Å². The second-order valence-electron chi connectivity index (χ2n) is 11.9. The third-order valence-corrected chi connectivity index (χ3v) is 10.6. The van der Waals surface area contributed by atoms with Crippen LogP contribution < -0.4 is 4.74 Å². The molecule has 4 aliphatic carbocycles. The lowest BCUT2D eigenvalue weighted by Gasteiger charge is -2.61. The van der Waals surface area contributed by atoms with Crippen LogP contribution in [-0.4, -0.2) is 36.4 Å². The molecule has 32 heavy (non-hydrogen) atoms. The summed E-state index contributed by atoms with van der Waals surface area (Å²) in [5, 5.41) is 4.33. The van der Waals surface area contributed by atoms with Crippen LogP contribution in [0.15, 0.2) is 12.4 Å². The molecule has 4 saturated carbocycles. The van der Waals surface area contributed by atoms with Crippen molar-refractivity contribution in [2.45, 2.75) is 78.2 Å². The molecule has 0 aliphatic heterocycles. The van der Waals surface area contributed by atoms with Crippen molar-refractivity contribution in [2.24, 2.45) is 46.3 Å². The summed E-state index contributed by atoms with van der Waals surface area (Å²) in [5.41, 5.74) is 0.539. The molecular weight excluding hydrogens is 400 g/mol. The van der Waals surface area contributed by atoms with Gasteiger partial charge in [-0.2, -0.15) is 5.10 Å². The first kappa shape index (κ1) is 22.4. The Morgan fingerprint density at radius 2 is 1.97 bits per heavy atom. The molecule has 0 amide bonds. The van der Waals surface area contributed by atoms with Crippen LogP contribution in [0.5, 0.6) is 5.75 Å². The van der Waals surface area contributed by atoms with Crippen LogP contribution in [0.1, 0.15) is 71.6 Å². The average molecular weight is 443 g/mol. The highest BCUT2D eigenvalue weighted by Gasteiger charge is 2.62. The van der Waals surface area contributed by atoms with Gasteiger partial charge in [-0.3, -0.25) is 9.48 Å². The van der Waals surface area contributed by atoms with Crippen LogP contribution in [0, 0.1) is 46.3 Å². The molecule has 178 valence electrons. The maximum absolute atomic E-state index is 13.4. The Bertz CT molecular complexity index is 837. The van der Waals surface area contributed by atoms with E-state index in [0.717, 1.165) is 42.4 Å². The molecule has 5 heteroatoms. The topological polar surface area (TPSA) is 53.4 Å². The SMILES string of the molecule is COCC12CCC(C)CC1CCC1C3CCC(C(=O)Cn4cc(OC)cn4)C3(C)CCC12. The number of ketones is 1. The Morgan fingerprint density at radius 1 is 1.12 bits per heavy atom. The molecule has 0 bridgehead atoms. The zero-order chi connectivity index (χ0) is 22.5. The van der Waals surface area contributed by atoms with Crippen molar-refractivity contribution in [3.63, 3.8) is 0 Å². The lowest BCUT2D eigenvalue weighted by atomic mass is 9.44. The maximum Gasteiger partial charge on any atom is 0.157 e. The van der Waals surface area contributed by atoms with Gasteiger partial charge in [0.25, 0.3) is 0 Å². The van der Waals surface area contributed by atoms with Gasteiger partial charge in [0.2, 0.25) is 0 Å². The molecule has 1 aromatic rings. The number of ether oxygens (including phenoxy) is 2. The molecular formula is C27H42N2O3. The molecule has 0 radical (unpaired) electrons. The number of fused-ring (bicyclic) bond motifs is 5. The fourth-order valence-electron chi connectivity index (χ4n) is 9.15. The van der Waals surface area contributed by atoms with Crippen LogP contribution in [0.4, 0.5) is 0 Å². The number of hydrogen-bond donors (Lipinski definition) is 0. The molecule has 4 aliphatic rings. The number of rotatable bonds is 6. The van der Waals surface area contributed by atoms with Crippen molar-refractivity contribution in [1.82, 2.24) is 9.78 Å². The lowest BCUT2D eigenvalue weighted by molar-refractivity contribution is -0.154. The first-order chi connectivity index (χ1) is 15.4. The standard InChI is InChI=1S/C27H42N2O3/c1-18-9-12-27(17-31-3)19(13-18)5-6-21-22-7-8-24(26(22,2)11-10-23(21)27)25(30)16-29-15-20(32-4)14-28-29/h14-15,18-19,21-24H,5-13,16-17H2,1-4H3. The Hall–Kier alpha value is -1.36. The minimum Gasteiger partial charge on any atom is -0.493 e. The molecule has 0 N–H and O–H groups in total. The van der Waals surface area contributed by atoms with Gasteiger partial charge in [-0.25, -0.2) is 0 Å². The molecule has 8 atom stereocenters. The van der Waals surface area contributed by atoms with E-state index < -0.39 is 0 Å². The van der Waals surface area contributed by atoms with Crippen molar-refractivity contribution >= 4 is 5.78 Å². The minimum absolute atomic E-state index is 0.151. The van der Waals surface area contributed by atoms with Crippen LogP contribution in [0.2, 0.25) is 0 Å². The van der Waals surface area contributed by atoms with Crippen LogP contribution >= 0.6 is 0 Å². The van der Waals surface area contributed by atoms with E-state index in [0.29, 0.717) is 23.7 Å². The second-order valence-corrected chi connectivity index (χ2v) is 11.9. The van der Waals surface area contributed by atoms with Crippen molar-refractivity contribution in [1.29, 1.82) is 0 Å². The maximum atomic E-state index is 13.4. The van der Waals surface area contributed by atoms with E-state index in [9.17, 15) is 4.79 Å². The molecule has 1 heterocycles. The molecule has 5 rings (SSSR count). The highest BCUT2D eigenvalue weighted by atomic mass is 16.5. The summed E-state index contributed by atoms with van der Waals surface area (Å²) in [6.07, 6.45) is 15.1. The molecule has 0 spiro atoms. The van der Waals surface area contributed by atoms with Gasteiger partial charge in [0, 0.05) is 13.0 Å². The van der Waals surface area contributed by atoms with Crippen LogP contribution in [0.25, 0.3) is 0 Å². The van der Waals surface area contributed by atoms with Gasteiger partial charge in [0.1, 0.15) is 0 Å². The Kier molecular flexibility index (Phi) is 5.92. The normalized spacial score (nSPS) is 43.2. The molecule has 5 nitrogen and oxygen atoms in total. The van der Waals surface area contributed by atoms with Gasteiger partial charge in [-0.15, -0.1) is 0 Å². The number of hydrogen-bond acceptors (Lipinski definition) is 4. The first-order valence-corrected chi connectivity index (χ1v) is 13.0. The number of Topliss-reactive ketones (excluding diaryl/α,β-unsaturated/α-hetero) is 1. The predicted octanol–water partition coefficient (Wildman–Crippen LogP) is 5.38. The van der Waals surface area contributed by atoms with Crippen molar-refractivity contribution in [3.8, 4) is 5.75 Å².